The molecule has 2 aliphatic heterocycles. The van der Waals surface area contributed by atoms with E-state index in [1.54, 1.807) is 35.2 Å². The van der Waals surface area contributed by atoms with Gasteiger partial charge in [-0.05, 0) is 79.8 Å². The van der Waals surface area contributed by atoms with Gasteiger partial charge in [-0.1, -0.05) is 24.3 Å². The number of hydrogen-bond acceptors (Lipinski definition) is 6. The van der Waals surface area contributed by atoms with Gasteiger partial charge in [-0.25, -0.2) is 4.90 Å². The Hall–Kier alpha value is -3.94. The lowest BCUT2D eigenvalue weighted by Crippen LogP contribution is -2.40. The minimum absolute atomic E-state index is 0.0499. The van der Waals surface area contributed by atoms with E-state index in [0.29, 0.717) is 46.9 Å². The summed E-state index contributed by atoms with van der Waals surface area (Å²) in [4.78, 5) is 55.7. The number of esters is 1. The predicted octanol–water partition coefficient (Wildman–Crippen LogP) is 3.91. The quantitative estimate of drug-likeness (QED) is 0.245. The third-order valence-corrected chi connectivity index (χ3v) is 9.20. The van der Waals surface area contributed by atoms with E-state index in [4.69, 9.17) is 9.47 Å². The third kappa shape index (κ3) is 3.64. The van der Waals surface area contributed by atoms with Crippen LogP contribution in [0.15, 0.2) is 54.6 Å². The Labute approximate surface area is 226 Å². The fourth-order valence-corrected chi connectivity index (χ4v) is 7.39. The minimum atomic E-state index is -0.619. The normalized spacial score (nSPS) is 31.9. The molecule has 39 heavy (non-hydrogen) atoms. The van der Waals surface area contributed by atoms with Gasteiger partial charge in [-0.3, -0.25) is 19.2 Å². The van der Waals surface area contributed by atoms with Gasteiger partial charge in [0.25, 0.3) is 0 Å². The summed E-state index contributed by atoms with van der Waals surface area (Å²) < 4.78 is 11.3. The predicted molar refractivity (Wildman–Crippen MR) is 142 cm³/mol. The minimum Gasteiger partial charge on any atom is -0.492 e. The van der Waals surface area contributed by atoms with Crippen LogP contribution in [0, 0.1) is 48.3 Å². The highest BCUT2D eigenvalue weighted by molar-refractivity contribution is 6.23. The summed E-state index contributed by atoms with van der Waals surface area (Å²) in [6.45, 7) is 4.36. The number of aryl methyl sites for hydroxylation is 1. The fourth-order valence-electron chi connectivity index (χ4n) is 7.39. The molecule has 2 saturated heterocycles. The molecule has 0 spiro atoms. The maximum absolute atomic E-state index is 13.5. The Balaban J connectivity index is 1.06. The number of rotatable bonds is 6. The van der Waals surface area contributed by atoms with Crippen molar-refractivity contribution in [2.75, 3.05) is 23.0 Å². The van der Waals surface area contributed by atoms with Gasteiger partial charge in [0.15, 0.2) is 0 Å². The number of carbonyl (C=O) groups excluding carboxylic acids is 4. The van der Waals surface area contributed by atoms with E-state index in [2.05, 4.69) is 12.2 Å². The van der Waals surface area contributed by atoms with Crippen LogP contribution in [-0.4, -0.2) is 36.8 Å². The molecule has 3 amide bonds. The zero-order valence-corrected chi connectivity index (χ0v) is 21.9. The number of hydrogen-bond donors (Lipinski definition) is 0. The van der Waals surface area contributed by atoms with E-state index in [1.807, 2.05) is 26.0 Å². The van der Waals surface area contributed by atoms with E-state index >= 15 is 0 Å². The maximum Gasteiger partial charge on any atom is 0.316 e. The molecule has 2 bridgehead atoms. The molecule has 8 heteroatoms. The Morgan fingerprint density at radius 1 is 0.949 bits per heavy atom. The molecule has 0 unspecified atom stereocenters. The highest BCUT2D eigenvalue weighted by Crippen LogP contribution is 2.65. The van der Waals surface area contributed by atoms with Crippen molar-refractivity contribution in [2.45, 2.75) is 26.7 Å². The van der Waals surface area contributed by atoms with E-state index in [-0.39, 0.29) is 54.4 Å². The molecule has 8 rings (SSSR count). The first kappa shape index (κ1) is 24.1. The Kier molecular flexibility index (Phi) is 5.44. The average molecular weight is 527 g/mol. The second-order valence-corrected chi connectivity index (χ2v) is 11.3. The summed E-state index contributed by atoms with van der Waals surface area (Å²) in [7, 11) is 0. The first-order chi connectivity index (χ1) is 18.9. The zero-order valence-electron chi connectivity index (χ0n) is 21.9. The van der Waals surface area contributed by atoms with Crippen molar-refractivity contribution in [1.29, 1.82) is 0 Å². The lowest BCUT2D eigenvalue weighted by atomic mass is 9.63. The number of benzene rings is 2. The van der Waals surface area contributed by atoms with Crippen molar-refractivity contribution in [3.63, 3.8) is 0 Å². The van der Waals surface area contributed by atoms with E-state index < -0.39 is 11.9 Å². The maximum atomic E-state index is 13.5. The van der Waals surface area contributed by atoms with Gasteiger partial charge in [0.05, 0.1) is 35.7 Å². The average Bonchev–Trinajstić information content (AvgIpc) is 3.61. The third-order valence-electron chi connectivity index (χ3n) is 9.20. The van der Waals surface area contributed by atoms with Gasteiger partial charge in [-0.2, -0.15) is 0 Å². The van der Waals surface area contributed by atoms with Gasteiger partial charge in [0.2, 0.25) is 17.7 Å². The van der Waals surface area contributed by atoms with Crippen molar-refractivity contribution in [1.82, 2.24) is 0 Å². The van der Waals surface area contributed by atoms with Crippen molar-refractivity contribution < 1.29 is 28.7 Å². The van der Waals surface area contributed by atoms with Crippen molar-refractivity contribution in [2.24, 2.45) is 41.4 Å². The summed E-state index contributed by atoms with van der Waals surface area (Å²) in [6.07, 6.45) is 5.50. The largest absolute Gasteiger partial charge is 0.492 e. The number of ether oxygens (including phenoxy) is 2. The molecule has 8 nitrogen and oxygen atoms in total. The number of allylic oxidation sites excluding steroid dienone is 2. The number of carbonyl (C=O) groups is 4. The molecule has 2 heterocycles. The zero-order chi connectivity index (χ0) is 27.0. The second kappa shape index (κ2) is 8.79. The highest BCUT2D eigenvalue weighted by atomic mass is 16.5. The van der Waals surface area contributed by atoms with Crippen LogP contribution in [0.5, 0.6) is 11.5 Å². The second-order valence-electron chi connectivity index (χ2n) is 11.3. The first-order valence-corrected chi connectivity index (χ1v) is 13.8. The summed E-state index contributed by atoms with van der Waals surface area (Å²) in [5.74, 6) is 0.332. The smallest absolute Gasteiger partial charge is 0.316 e. The summed E-state index contributed by atoms with van der Waals surface area (Å²) in [5.41, 5.74) is 1.87. The monoisotopic (exact) mass is 526 g/mol. The molecule has 200 valence electrons. The molecule has 2 aromatic carbocycles. The Bertz CT molecular complexity index is 1410. The van der Waals surface area contributed by atoms with E-state index in [0.717, 1.165) is 6.42 Å². The van der Waals surface area contributed by atoms with Crippen molar-refractivity contribution >= 4 is 35.1 Å². The summed E-state index contributed by atoms with van der Waals surface area (Å²) in [6, 6.07) is 12.3. The standard InChI is InChI=1S/C31H30N2O6/c1-3-38-25-7-5-4-6-24(25)32-15-17(13-26(32)34)31(37)39-18-8-11-23(16(2)12-18)33-29(35)27-19-9-10-20(22-14-21(19)22)28(27)30(33)36/h4-12,17,19-22,27-28H,3,13-15H2,1-2H3/t17-,19+,20+,21+,22+,27-,28+/m1/s1. The molecule has 4 fully saturated rings. The van der Waals surface area contributed by atoms with E-state index in [9.17, 15) is 19.2 Å². The van der Waals surface area contributed by atoms with Gasteiger partial charge < -0.3 is 14.4 Å². The van der Waals surface area contributed by atoms with Gasteiger partial charge >= 0.3 is 5.97 Å². The number of para-hydroxylation sites is 2. The molecular weight excluding hydrogens is 496 g/mol. The molecule has 0 aromatic heterocycles. The topological polar surface area (TPSA) is 93.2 Å². The van der Waals surface area contributed by atoms with E-state index in [1.165, 1.54) is 4.90 Å². The van der Waals surface area contributed by atoms with Crippen LogP contribution in [0.1, 0.15) is 25.3 Å². The summed E-state index contributed by atoms with van der Waals surface area (Å²) in [5, 5.41) is 0. The van der Waals surface area contributed by atoms with Crippen LogP contribution >= 0.6 is 0 Å². The molecule has 2 aromatic rings. The SMILES string of the molecule is CCOc1ccccc1N1C[C@H](C(=O)Oc2ccc(N3C(=O)[C@@H]4[C@H]5C=C[C@@H]([C@@H]6C[C@@H]56)[C@@H]4C3=O)c(C)c2)CC1=O. The lowest BCUT2D eigenvalue weighted by Gasteiger charge is -2.37. The van der Waals surface area contributed by atoms with Gasteiger partial charge in [0.1, 0.15) is 11.5 Å². The summed E-state index contributed by atoms with van der Waals surface area (Å²) >= 11 is 0. The molecule has 4 aliphatic carbocycles. The Morgan fingerprint density at radius 3 is 2.31 bits per heavy atom. The fraction of sp³-hybridized carbons (Fsp3) is 0.419. The van der Waals surface area contributed by atoms with Crippen LogP contribution in [0.25, 0.3) is 0 Å². The first-order valence-electron chi connectivity index (χ1n) is 13.8. The van der Waals surface area contributed by atoms with Crippen molar-refractivity contribution in [3.8, 4) is 11.5 Å². The highest BCUT2D eigenvalue weighted by Gasteiger charge is 2.67. The Morgan fingerprint density at radius 2 is 1.64 bits per heavy atom. The molecule has 0 radical (unpaired) electrons. The van der Waals surface area contributed by atoms with Crippen LogP contribution in [-0.2, 0) is 19.2 Å². The van der Waals surface area contributed by atoms with Crippen LogP contribution in [0.2, 0.25) is 0 Å². The molecule has 6 aliphatic rings. The van der Waals surface area contributed by atoms with Crippen LogP contribution in [0.3, 0.4) is 0 Å². The van der Waals surface area contributed by atoms with Crippen LogP contribution in [0.4, 0.5) is 11.4 Å². The van der Waals surface area contributed by atoms with Crippen LogP contribution < -0.4 is 19.3 Å². The molecule has 2 saturated carbocycles. The molecule has 7 atom stereocenters. The van der Waals surface area contributed by atoms with Gasteiger partial charge in [-0.15, -0.1) is 0 Å². The number of anilines is 2. The number of nitrogens with zero attached hydrogens (tertiary/aromatic N) is 2. The molecular formula is C31H30N2O6. The van der Waals surface area contributed by atoms with Gasteiger partial charge in [0, 0.05) is 13.0 Å². The number of imide groups is 1. The lowest BCUT2D eigenvalue weighted by molar-refractivity contribution is -0.139. The molecule has 0 N–H and O–H groups in total. The number of amides is 3. The van der Waals surface area contributed by atoms with Crippen molar-refractivity contribution in [3.05, 3.63) is 60.2 Å².